The molecule has 1 unspecified atom stereocenters. The number of hydrogen-bond donors (Lipinski definition) is 2. The van der Waals surface area contributed by atoms with E-state index in [1.807, 2.05) is 26.0 Å². The van der Waals surface area contributed by atoms with Crippen LogP contribution in [0.25, 0.3) is 16.8 Å². The van der Waals surface area contributed by atoms with Crippen molar-refractivity contribution in [2.45, 2.75) is 26.7 Å². The highest BCUT2D eigenvalue weighted by Gasteiger charge is 2.37. The van der Waals surface area contributed by atoms with E-state index in [4.69, 9.17) is 34.8 Å². The summed E-state index contributed by atoms with van der Waals surface area (Å²) in [6.45, 7) is 3.97. The predicted octanol–water partition coefficient (Wildman–Crippen LogP) is 6.26. The summed E-state index contributed by atoms with van der Waals surface area (Å²) in [7, 11) is 0. The Kier molecular flexibility index (Phi) is 8.45. The number of halogens is 3. The van der Waals surface area contributed by atoms with Crippen LogP contribution in [0.3, 0.4) is 0 Å². The number of nitrogens with one attached hydrogen (secondary N) is 1. The maximum Gasteiger partial charge on any atom is 0.355 e. The molecule has 0 bridgehead atoms. The zero-order valence-corrected chi connectivity index (χ0v) is 24.8. The van der Waals surface area contributed by atoms with Crippen LogP contribution in [0.5, 0.6) is 0 Å². The number of aromatic carboxylic acids is 1. The topological polar surface area (TPSA) is 127 Å². The van der Waals surface area contributed by atoms with Crippen molar-refractivity contribution in [2.24, 2.45) is 5.92 Å². The quantitative estimate of drug-likeness (QED) is 0.237. The Morgan fingerprint density at radius 3 is 2.33 bits per heavy atom. The number of amides is 1. The van der Waals surface area contributed by atoms with Crippen LogP contribution < -0.4 is 5.32 Å². The first-order chi connectivity index (χ1) is 20.0. The van der Waals surface area contributed by atoms with E-state index in [9.17, 15) is 19.5 Å². The number of hydrogen-bond acceptors (Lipinski definition) is 6. The molecule has 0 saturated heterocycles. The SMILES string of the molecule is Cc1cc(-n2cc(Cl)cn2)cc(C)c1C1=C(c2cc(Cl)cnc2C(=O)O)CC(CCNC(=O)c2ccc(Cl)cn2)C1=O. The van der Waals surface area contributed by atoms with E-state index in [0.29, 0.717) is 33.2 Å². The van der Waals surface area contributed by atoms with Gasteiger partial charge in [0.05, 0.1) is 27.0 Å². The van der Waals surface area contributed by atoms with Gasteiger partial charge in [0.1, 0.15) is 5.69 Å². The molecule has 0 aliphatic heterocycles. The van der Waals surface area contributed by atoms with Crippen molar-refractivity contribution in [3.05, 3.63) is 104 Å². The summed E-state index contributed by atoms with van der Waals surface area (Å²) in [5.41, 5.74) is 4.32. The summed E-state index contributed by atoms with van der Waals surface area (Å²) in [6.07, 6.45) is 6.44. The zero-order chi connectivity index (χ0) is 30.1. The minimum atomic E-state index is -1.23. The first kappa shape index (κ1) is 29.4. The normalized spacial score (nSPS) is 14.9. The van der Waals surface area contributed by atoms with Crippen LogP contribution in [0.1, 0.15) is 56.1 Å². The lowest BCUT2D eigenvalue weighted by Crippen LogP contribution is -2.27. The van der Waals surface area contributed by atoms with E-state index < -0.39 is 17.8 Å². The van der Waals surface area contributed by atoms with E-state index in [1.165, 1.54) is 30.7 Å². The molecule has 1 aliphatic rings. The van der Waals surface area contributed by atoms with Gasteiger partial charge in [0.15, 0.2) is 11.5 Å². The first-order valence-corrected chi connectivity index (χ1v) is 14.1. The highest BCUT2D eigenvalue weighted by molar-refractivity contribution is 6.34. The van der Waals surface area contributed by atoms with Gasteiger partial charge in [-0.2, -0.15) is 5.10 Å². The van der Waals surface area contributed by atoms with Crippen molar-refractivity contribution < 1.29 is 19.5 Å². The molecule has 0 spiro atoms. The Morgan fingerprint density at radius 1 is 1.00 bits per heavy atom. The number of carboxylic acid groups (broad SMARTS) is 1. The molecule has 4 aromatic rings. The molecule has 5 rings (SSSR count). The number of carbonyl (C=O) groups excluding carboxylic acids is 2. The first-order valence-electron chi connectivity index (χ1n) is 12.9. The molecule has 1 aromatic carbocycles. The van der Waals surface area contributed by atoms with Gasteiger partial charge >= 0.3 is 5.97 Å². The Balaban J connectivity index is 1.52. The van der Waals surface area contributed by atoms with E-state index in [-0.39, 0.29) is 40.7 Å². The molecule has 1 atom stereocenters. The molecule has 1 amide bonds. The maximum atomic E-state index is 14.1. The fraction of sp³-hybridized carbons (Fsp3) is 0.200. The highest BCUT2D eigenvalue weighted by Crippen LogP contribution is 2.45. The van der Waals surface area contributed by atoms with Crippen molar-refractivity contribution in [1.82, 2.24) is 25.1 Å². The maximum absolute atomic E-state index is 14.1. The van der Waals surface area contributed by atoms with Gasteiger partial charge in [0.25, 0.3) is 5.91 Å². The largest absolute Gasteiger partial charge is 0.476 e. The lowest BCUT2D eigenvalue weighted by atomic mass is 9.89. The van der Waals surface area contributed by atoms with Crippen LogP contribution in [0.2, 0.25) is 15.1 Å². The number of benzene rings is 1. The average molecular weight is 625 g/mol. The van der Waals surface area contributed by atoms with Crippen molar-refractivity contribution in [3.8, 4) is 5.69 Å². The van der Waals surface area contributed by atoms with Crippen molar-refractivity contribution in [2.75, 3.05) is 6.54 Å². The molecular weight excluding hydrogens is 601 g/mol. The second-order valence-electron chi connectivity index (χ2n) is 9.94. The second-order valence-corrected chi connectivity index (χ2v) is 11.2. The number of rotatable bonds is 8. The van der Waals surface area contributed by atoms with Crippen molar-refractivity contribution in [1.29, 1.82) is 0 Å². The fourth-order valence-corrected chi connectivity index (χ4v) is 5.66. The van der Waals surface area contributed by atoms with E-state index in [0.717, 1.165) is 16.8 Å². The Morgan fingerprint density at radius 2 is 1.71 bits per heavy atom. The molecule has 0 radical (unpaired) electrons. The second kappa shape index (κ2) is 12.1. The molecule has 3 heterocycles. The Bertz CT molecular complexity index is 1740. The highest BCUT2D eigenvalue weighted by atomic mass is 35.5. The third kappa shape index (κ3) is 5.94. The summed E-state index contributed by atoms with van der Waals surface area (Å²) in [6, 6.07) is 8.40. The van der Waals surface area contributed by atoms with Gasteiger partial charge in [0.2, 0.25) is 0 Å². The minimum Gasteiger partial charge on any atom is -0.476 e. The number of ketones is 1. The van der Waals surface area contributed by atoms with Gasteiger partial charge in [-0.25, -0.2) is 19.4 Å². The number of nitrogens with zero attached hydrogens (tertiary/aromatic N) is 4. The molecule has 0 fully saturated rings. The number of allylic oxidation sites excluding steroid dienone is 2. The summed E-state index contributed by atoms with van der Waals surface area (Å²) in [5.74, 6) is -2.29. The van der Waals surface area contributed by atoms with E-state index in [2.05, 4.69) is 20.4 Å². The van der Waals surface area contributed by atoms with Gasteiger partial charge in [-0.05, 0) is 79.3 Å². The lowest BCUT2D eigenvalue weighted by Gasteiger charge is -2.16. The van der Waals surface area contributed by atoms with E-state index in [1.54, 1.807) is 16.9 Å². The summed E-state index contributed by atoms with van der Waals surface area (Å²) < 4.78 is 1.64. The number of Topliss-reactive ketones (excluding diaryl/α,β-unsaturated/α-hetero) is 1. The molecule has 0 saturated carbocycles. The number of carbonyl (C=O) groups is 3. The number of aryl methyl sites for hydroxylation is 2. The number of pyridine rings is 2. The van der Waals surface area contributed by atoms with Crippen molar-refractivity contribution >= 4 is 63.6 Å². The van der Waals surface area contributed by atoms with Crippen LogP contribution >= 0.6 is 34.8 Å². The van der Waals surface area contributed by atoms with Crippen LogP contribution in [0.15, 0.2) is 55.1 Å². The third-order valence-electron chi connectivity index (χ3n) is 7.07. The average Bonchev–Trinajstić information content (AvgIpc) is 3.52. The van der Waals surface area contributed by atoms with Crippen LogP contribution in [0, 0.1) is 19.8 Å². The predicted molar refractivity (Wildman–Crippen MR) is 160 cm³/mol. The van der Waals surface area contributed by atoms with Crippen molar-refractivity contribution in [3.63, 3.8) is 0 Å². The molecule has 1 aliphatic carbocycles. The Hall–Kier alpha value is -4.05. The van der Waals surface area contributed by atoms with Crippen LogP contribution in [0.4, 0.5) is 0 Å². The monoisotopic (exact) mass is 623 g/mol. The third-order valence-corrected chi connectivity index (χ3v) is 7.70. The summed E-state index contributed by atoms with van der Waals surface area (Å²) in [4.78, 5) is 46.8. The molecule has 12 heteroatoms. The minimum absolute atomic E-state index is 0.152. The van der Waals surface area contributed by atoms with Gasteiger partial charge < -0.3 is 10.4 Å². The number of aromatic nitrogens is 4. The number of carboxylic acids is 1. The summed E-state index contributed by atoms with van der Waals surface area (Å²) in [5, 5.41) is 18.1. The standard InChI is InChI=1S/C30H24Cl3N5O4/c1-15-7-21(38-14-20(33)13-37-38)8-16(2)25(15)26-22(23-10-19(32)12-36-27(23)30(41)42)9-17(28(26)39)5-6-34-29(40)24-4-3-18(31)11-35-24/h3-4,7-8,10-14,17H,5-6,9H2,1-2H3,(H,34,40)(H,41,42). The summed E-state index contributed by atoms with van der Waals surface area (Å²) >= 11 is 18.2. The molecule has 42 heavy (non-hydrogen) atoms. The molecule has 2 N–H and O–H groups in total. The van der Waals surface area contributed by atoms with Gasteiger partial charge in [-0.1, -0.05) is 34.8 Å². The van der Waals surface area contributed by atoms with Gasteiger partial charge in [-0.15, -0.1) is 0 Å². The lowest BCUT2D eigenvalue weighted by molar-refractivity contribution is -0.116. The molecule has 3 aromatic heterocycles. The van der Waals surface area contributed by atoms with Gasteiger partial charge in [-0.3, -0.25) is 9.59 Å². The van der Waals surface area contributed by atoms with Gasteiger partial charge in [0, 0.05) is 42.2 Å². The Labute approximate surface area is 256 Å². The zero-order valence-electron chi connectivity index (χ0n) is 22.5. The van der Waals surface area contributed by atoms with Crippen LogP contribution in [-0.2, 0) is 4.79 Å². The smallest absolute Gasteiger partial charge is 0.355 e. The molecule has 9 nitrogen and oxygen atoms in total. The fourth-order valence-electron chi connectivity index (χ4n) is 5.26. The van der Waals surface area contributed by atoms with E-state index >= 15 is 0 Å². The molecule has 214 valence electrons. The van der Waals surface area contributed by atoms with Crippen LogP contribution in [-0.4, -0.2) is 49.1 Å². The molecular formula is C30H24Cl3N5O4.